The third-order valence-electron chi connectivity index (χ3n) is 5.35. The zero-order chi connectivity index (χ0) is 19.5. The van der Waals surface area contributed by atoms with Gasteiger partial charge in [-0.1, -0.05) is 18.2 Å². The van der Waals surface area contributed by atoms with Crippen LogP contribution in [0.4, 0.5) is 5.95 Å². The lowest BCUT2D eigenvalue weighted by molar-refractivity contribution is 0.153. The molecular formula is C20H27N7O. The van der Waals surface area contributed by atoms with Gasteiger partial charge in [0.15, 0.2) is 5.65 Å². The molecule has 2 aromatic heterocycles. The smallest absolute Gasteiger partial charge is 0.263 e. The lowest BCUT2D eigenvalue weighted by Gasteiger charge is -2.32. The summed E-state index contributed by atoms with van der Waals surface area (Å²) in [4.78, 5) is 27.0. The van der Waals surface area contributed by atoms with E-state index in [1.54, 1.807) is 10.9 Å². The minimum absolute atomic E-state index is 0.159. The highest BCUT2D eigenvalue weighted by Gasteiger charge is 2.15. The molecule has 8 heteroatoms. The molecule has 3 heterocycles. The minimum atomic E-state index is -0.159. The van der Waals surface area contributed by atoms with Gasteiger partial charge in [-0.25, -0.2) is 4.68 Å². The summed E-state index contributed by atoms with van der Waals surface area (Å²) in [6, 6.07) is 9.75. The van der Waals surface area contributed by atoms with Crippen molar-refractivity contribution >= 4 is 17.0 Å². The zero-order valence-electron chi connectivity index (χ0n) is 16.5. The zero-order valence-corrected chi connectivity index (χ0v) is 16.5. The fraction of sp³-hybridized carbons (Fsp3) is 0.450. The Morgan fingerprint density at radius 3 is 2.64 bits per heavy atom. The Labute approximate surface area is 164 Å². The third kappa shape index (κ3) is 3.93. The van der Waals surface area contributed by atoms with Gasteiger partial charge in [0.25, 0.3) is 5.56 Å². The average Bonchev–Trinajstić information content (AvgIpc) is 3.15. The van der Waals surface area contributed by atoms with E-state index in [1.165, 1.54) is 0 Å². The van der Waals surface area contributed by atoms with E-state index in [0.717, 1.165) is 51.4 Å². The number of aromatic amines is 1. The molecule has 0 bridgehead atoms. The van der Waals surface area contributed by atoms with Crippen LogP contribution in [0.3, 0.4) is 0 Å². The minimum Gasteiger partial charge on any atom is -0.345 e. The highest BCUT2D eigenvalue weighted by atomic mass is 16.1. The number of fused-ring (bicyclic) bond motifs is 1. The molecule has 0 radical (unpaired) electrons. The molecule has 1 aliphatic rings. The van der Waals surface area contributed by atoms with E-state index in [2.05, 4.69) is 26.9 Å². The van der Waals surface area contributed by atoms with Crippen molar-refractivity contribution in [3.05, 3.63) is 46.9 Å². The fourth-order valence-corrected chi connectivity index (χ4v) is 3.55. The summed E-state index contributed by atoms with van der Waals surface area (Å²) in [7, 11) is 4.14. The first kappa shape index (κ1) is 18.6. The number of anilines is 1. The van der Waals surface area contributed by atoms with E-state index in [9.17, 15) is 4.79 Å². The first-order valence-corrected chi connectivity index (χ1v) is 9.77. The molecule has 1 saturated heterocycles. The second kappa shape index (κ2) is 8.12. The maximum Gasteiger partial charge on any atom is 0.263 e. The Morgan fingerprint density at radius 1 is 1.14 bits per heavy atom. The van der Waals surface area contributed by atoms with Crippen LogP contribution in [0, 0.1) is 0 Å². The summed E-state index contributed by atoms with van der Waals surface area (Å²) in [6.07, 6.45) is 2.60. The number of hydrogen-bond acceptors (Lipinski definition) is 6. The molecule has 0 amide bonds. The van der Waals surface area contributed by atoms with Crippen LogP contribution in [0.25, 0.3) is 16.7 Å². The van der Waals surface area contributed by atoms with Gasteiger partial charge in [-0.05, 0) is 32.1 Å². The number of nitrogens with one attached hydrogen (secondary N) is 1. The quantitative estimate of drug-likeness (QED) is 0.691. The summed E-state index contributed by atoms with van der Waals surface area (Å²) in [6.45, 7) is 6.40. The molecule has 0 aliphatic carbocycles. The fourth-order valence-electron chi connectivity index (χ4n) is 3.55. The van der Waals surface area contributed by atoms with Crippen molar-refractivity contribution in [2.45, 2.75) is 6.42 Å². The van der Waals surface area contributed by atoms with Gasteiger partial charge >= 0.3 is 0 Å². The standard InChI is InChI=1S/C20H27N7O/c1-24-11-13-26(14-12-24)10-6-9-25(2)20-22-18-17(19(28)23-20)15-21-27(18)16-7-4-3-5-8-16/h3-5,7-8,15H,6,9-14H2,1-2H3,(H,22,23,28). The van der Waals surface area contributed by atoms with Gasteiger partial charge in [0.1, 0.15) is 5.39 Å². The summed E-state index contributed by atoms with van der Waals surface area (Å²) >= 11 is 0. The van der Waals surface area contributed by atoms with Gasteiger partial charge in [0, 0.05) is 39.8 Å². The molecular weight excluding hydrogens is 354 g/mol. The molecule has 0 atom stereocenters. The number of piperazine rings is 1. The number of nitrogens with zero attached hydrogens (tertiary/aromatic N) is 6. The Bertz CT molecular complexity index is 973. The first-order valence-electron chi connectivity index (χ1n) is 9.77. The molecule has 148 valence electrons. The highest BCUT2D eigenvalue weighted by molar-refractivity contribution is 5.76. The maximum absolute atomic E-state index is 12.5. The predicted molar refractivity (Wildman–Crippen MR) is 111 cm³/mol. The Balaban J connectivity index is 1.48. The lowest BCUT2D eigenvalue weighted by atomic mass is 10.3. The Hall–Kier alpha value is -2.71. The molecule has 1 fully saturated rings. The van der Waals surface area contributed by atoms with Gasteiger partial charge in [0.2, 0.25) is 5.95 Å². The first-order chi connectivity index (χ1) is 13.6. The normalized spacial score (nSPS) is 15.9. The summed E-state index contributed by atoms with van der Waals surface area (Å²) in [5.41, 5.74) is 1.31. The van der Waals surface area contributed by atoms with E-state index in [4.69, 9.17) is 4.98 Å². The van der Waals surface area contributed by atoms with Crippen LogP contribution in [0.1, 0.15) is 6.42 Å². The van der Waals surface area contributed by atoms with Crippen LogP contribution in [-0.2, 0) is 0 Å². The van der Waals surface area contributed by atoms with Gasteiger partial charge in [-0.2, -0.15) is 10.1 Å². The number of para-hydroxylation sites is 1. The van der Waals surface area contributed by atoms with Crippen LogP contribution in [0.2, 0.25) is 0 Å². The molecule has 28 heavy (non-hydrogen) atoms. The van der Waals surface area contributed by atoms with E-state index in [1.807, 2.05) is 42.3 Å². The van der Waals surface area contributed by atoms with Crippen molar-refractivity contribution in [3.63, 3.8) is 0 Å². The topological polar surface area (TPSA) is 73.3 Å². The number of likely N-dealkylation sites (N-methyl/N-ethyl adjacent to an activating group) is 1. The van der Waals surface area contributed by atoms with Crippen molar-refractivity contribution in [2.24, 2.45) is 0 Å². The van der Waals surface area contributed by atoms with E-state index < -0.39 is 0 Å². The maximum atomic E-state index is 12.5. The molecule has 0 saturated carbocycles. The van der Waals surface area contributed by atoms with E-state index >= 15 is 0 Å². The molecule has 4 rings (SSSR count). The van der Waals surface area contributed by atoms with Gasteiger partial charge in [-0.15, -0.1) is 0 Å². The van der Waals surface area contributed by atoms with E-state index in [0.29, 0.717) is 17.0 Å². The van der Waals surface area contributed by atoms with Gasteiger partial charge in [0.05, 0.1) is 11.9 Å². The second-order valence-electron chi connectivity index (χ2n) is 7.44. The summed E-state index contributed by atoms with van der Waals surface area (Å²) in [5, 5.41) is 4.86. The SMILES string of the molecule is CN1CCN(CCCN(C)c2nc3c(cnn3-c3ccccc3)c(=O)[nH]2)CC1. The molecule has 0 spiro atoms. The highest BCUT2D eigenvalue weighted by Crippen LogP contribution is 2.16. The van der Waals surface area contributed by atoms with Crippen molar-refractivity contribution < 1.29 is 0 Å². The van der Waals surface area contributed by atoms with Crippen molar-refractivity contribution in [2.75, 3.05) is 58.3 Å². The molecule has 1 aromatic carbocycles. The van der Waals surface area contributed by atoms with Crippen LogP contribution >= 0.6 is 0 Å². The van der Waals surface area contributed by atoms with Gasteiger partial charge < -0.3 is 14.7 Å². The Kier molecular flexibility index (Phi) is 5.40. The molecule has 8 nitrogen and oxygen atoms in total. The number of hydrogen-bond donors (Lipinski definition) is 1. The monoisotopic (exact) mass is 381 g/mol. The number of aromatic nitrogens is 4. The van der Waals surface area contributed by atoms with Crippen molar-refractivity contribution in [1.82, 2.24) is 29.5 Å². The third-order valence-corrected chi connectivity index (χ3v) is 5.35. The van der Waals surface area contributed by atoms with Crippen LogP contribution in [0.5, 0.6) is 0 Å². The summed E-state index contributed by atoms with van der Waals surface area (Å²) < 4.78 is 1.71. The molecule has 3 aromatic rings. The summed E-state index contributed by atoms with van der Waals surface area (Å²) in [5.74, 6) is 0.577. The number of rotatable bonds is 6. The van der Waals surface area contributed by atoms with Gasteiger partial charge in [-0.3, -0.25) is 9.78 Å². The van der Waals surface area contributed by atoms with Crippen LogP contribution in [0.15, 0.2) is 41.3 Å². The molecule has 1 N–H and O–H groups in total. The van der Waals surface area contributed by atoms with Crippen LogP contribution < -0.4 is 10.5 Å². The number of H-pyrrole nitrogens is 1. The predicted octanol–water partition coefficient (Wildman–Crippen LogP) is 1.18. The molecule has 1 aliphatic heterocycles. The van der Waals surface area contributed by atoms with E-state index in [-0.39, 0.29) is 5.56 Å². The van der Waals surface area contributed by atoms with Crippen molar-refractivity contribution in [3.8, 4) is 5.69 Å². The second-order valence-corrected chi connectivity index (χ2v) is 7.44. The largest absolute Gasteiger partial charge is 0.345 e. The molecule has 0 unspecified atom stereocenters. The lowest BCUT2D eigenvalue weighted by Crippen LogP contribution is -2.45. The van der Waals surface area contributed by atoms with Crippen molar-refractivity contribution in [1.29, 1.82) is 0 Å². The van der Waals surface area contributed by atoms with Crippen LogP contribution in [-0.4, -0.2) is 82.9 Å². The Morgan fingerprint density at radius 2 is 1.89 bits per heavy atom. The number of benzene rings is 1. The average molecular weight is 381 g/mol.